The first-order chi connectivity index (χ1) is 12.9. The predicted octanol–water partition coefficient (Wildman–Crippen LogP) is 2.23. The Hall–Kier alpha value is -3.68. The molecule has 0 saturated heterocycles. The highest BCUT2D eigenvalue weighted by Gasteiger charge is 2.12. The Kier molecular flexibility index (Phi) is 6.65. The molecule has 0 aromatic heterocycles. The molecule has 2 N–H and O–H groups in total. The fourth-order valence-corrected chi connectivity index (χ4v) is 2.15. The van der Waals surface area contributed by atoms with Gasteiger partial charge < -0.3 is 20.1 Å². The molecule has 0 aliphatic carbocycles. The summed E-state index contributed by atoms with van der Waals surface area (Å²) in [6.45, 7) is 0.893. The van der Waals surface area contributed by atoms with E-state index in [4.69, 9.17) is 4.74 Å². The molecular formula is C19H18N2O6. The summed E-state index contributed by atoms with van der Waals surface area (Å²) in [5, 5.41) is 5.16. The second kappa shape index (κ2) is 9.14. The summed E-state index contributed by atoms with van der Waals surface area (Å²) in [4.78, 5) is 46.3. The zero-order valence-electron chi connectivity index (χ0n) is 14.8. The Morgan fingerprint density at radius 3 is 1.96 bits per heavy atom. The molecule has 2 aromatic rings. The lowest BCUT2D eigenvalue weighted by Crippen LogP contribution is -2.21. The normalized spacial score (nSPS) is 9.85. The van der Waals surface area contributed by atoms with Crippen LogP contribution in [0.3, 0.4) is 0 Å². The Morgan fingerprint density at radius 1 is 0.852 bits per heavy atom. The maximum absolute atomic E-state index is 12.0. The standard InChI is InChI=1S/C19H18N2O6/c1-12(22)20-15-4-3-5-16(10-15)21-17(23)11-27-19(25)14-8-6-13(7-9-14)18(24)26-2/h3-10H,11H2,1-2H3,(H,20,22)(H,21,23). The number of ether oxygens (including phenoxy) is 2. The predicted molar refractivity (Wildman–Crippen MR) is 97.4 cm³/mol. The van der Waals surface area contributed by atoms with Crippen molar-refractivity contribution in [3.63, 3.8) is 0 Å². The number of carbonyl (C=O) groups excluding carboxylic acids is 4. The smallest absolute Gasteiger partial charge is 0.338 e. The number of carbonyl (C=O) groups is 4. The second-order valence-corrected chi connectivity index (χ2v) is 5.46. The minimum atomic E-state index is -0.700. The van der Waals surface area contributed by atoms with Gasteiger partial charge in [-0.1, -0.05) is 6.07 Å². The Bertz CT molecular complexity index is 861. The number of esters is 2. The quantitative estimate of drug-likeness (QED) is 0.755. The highest BCUT2D eigenvalue weighted by atomic mass is 16.5. The van der Waals surface area contributed by atoms with Gasteiger partial charge in [-0.3, -0.25) is 9.59 Å². The highest BCUT2D eigenvalue weighted by Crippen LogP contribution is 2.15. The molecule has 8 nitrogen and oxygen atoms in total. The number of amides is 2. The number of benzene rings is 2. The summed E-state index contributed by atoms with van der Waals surface area (Å²) in [7, 11) is 1.26. The summed E-state index contributed by atoms with van der Waals surface area (Å²) in [5.41, 5.74) is 1.47. The van der Waals surface area contributed by atoms with Crippen molar-refractivity contribution in [2.75, 3.05) is 24.4 Å². The second-order valence-electron chi connectivity index (χ2n) is 5.46. The van der Waals surface area contributed by atoms with E-state index >= 15 is 0 Å². The van der Waals surface area contributed by atoms with Crippen LogP contribution in [0.25, 0.3) is 0 Å². The molecule has 0 aliphatic rings. The molecule has 0 unspecified atom stereocenters. The third kappa shape index (κ3) is 5.96. The van der Waals surface area contributed by atoms with Gasteiger partial charge in [-0.15, -0.1) is 0 Å². The van der Waals surface area contributed by atoms with Crippen LogP contribution in [0.1, 0.15) is 27.6 Å². The molecule has 2 rings (SSSR count). The van der Waals surface area contributed by atoms with Gasteiger partial charge in [0.25, 0.3) is 5.91 Å². The van der Waals surface area contributed by atoms with Crippen LogP contribution >= 0.6 is 0 Å². The van der Waals surface area contributed by atoms with Crippen molar-refractivity contribution in [3.05, 3.63) is 59.7 Å². The van der Waals surface area contributed by atoms with Gasteiger partial charge in [0, 0.05) is 18.3 Å². The van der Waals surface area contributed by atoms with E-state index in [1.807, 2.05) is 0 Å². The van der Waals surface area contributed by atoms with Crippen molar-refractivity contribution in [1.29, 1.82) is 0 Å². The molecule has 2 amide bonds. The molecule has 0 bridgehead atoms. The highest BCUT2D eigenvalue weighted by molar-refractivity contribution is 5.97. The summed E-state index contributed by atoms with van der Waals surface area (Å²) < 4.78 is 9.52. The fraction of sp³-hybridized carbons (Fsp3) is 0.158. The molecule has 0 atom stereocenters. The van der Waals surface area contributed by atoms with Crippen molar-refractivity contribution in [2.24, 2.45) is 0 Å². The lowest BCUT2D eigenvalue weighted by Gasteiger charge is -2.09. The van der Waals surface area contributed by atoms with Crippen LogP contribution in [0.15, 0.2) is 48.5 Å². The first kappa shape index (κ1) is 19.6. The first-order valence-corrected chi connectivity index (χ1v) is 7.92. The van der Waals surface area contributed by atoms with E-state index < -0.39 is 24.5 Å². The van der Waals surface area contributed by atoms with E-state index in [-0.39, 0.29) is 11.5 Å². The molecule has 0 saturated carbocycles. The number of hydrogen-bond donors (Lipinski definition) is 2. The third-order valence-electron chi connectivity index (χ3n) is 3.34. The van der Waals surface area contributed by atoms with Gasteiger partial charge in [0.2, 0.25) is 5.91 Å². The molecule has 2 aromatic carbocycles. The lowest BCUT2D eigenvalue weighted by atomic mass is 10.1. The van der Waals surface area contributed by atoms with Crippen molar-refractivity contribution in [3.8, 4) is 0 Å². The van der Waals surface area contributed by atoms with Gasteiger partial charge in [-0.25, -0.2) is 9.59 Å². The summed E-state index contributed by atoms with van der Waals surface area (Å²) in [5.74, 6) is -1.98. The monoisotopic (exact) mass is 370 g/mol. The number of rotatable bonds is 6. The lowest BCUT2D eigenvalue weighted by molar-refractivity contribution is -0.119. The minimum absolute atomic E-state index is 0.197. The first-order valence-electron chi connectivity index (χ1n) is 7.92. The van der Waals surface area contributed by atoms with Crippen LogP contribution in [0.4, 0.5) is 11.4 Å². The Balaban J connectivity index is 1.88. The summed E-state index contributed by atoms with van der Waals surface area (Å²) >= 11 is 0. The van der Waals surface area contributed by atoms with Gasteiger partial charge >= 0.3 is 11.9 Å². The molecule has 27 heavy (non-hydrogen) atoms. The van der Waals surface area contributed by atoms with E-state index in [1.165, 1.54) is 38.3 Å². The zero-order valence-corrected chi connectivity index (χ0v) is 14.8. The van der Waals surface area contributed by atoms with Gasteiger partial charge in [-0.2, -0.15) is 0 Å². The van der Waals surface area contributed by atoms with E-state index in [2.05, 4.69) is 15.4 Å². The van der Waals surface area contributed by atoms with E-state index in [0.29, 0.717) is 16.9 Å². The fourth-order valence-electron chi connectivity index (χ4n) is 2.15. The summed E-state index contributed by atoms with van der Waals surface area (Å²) in [6, 6.07) is 12.2. The Morgan fingerprint density at radius 2 is 1.41 bits per heavy atom. The van der Waals surface area contributed by atoms with Crippen LogP contribution in [0, 0.1) is 0 Å². The van der Waals surface area contributed by atoms with Gasteiger partial charge in [0.05, 0.1) is 18.2 Å². The number of nitrogens with one attached hydrogen (secondary N) is 2. The van der Waals surface area contributed by atoms with E-state index in [0.717, 1.165) is 0 Å². The molecule has 0 fully saturated rings. The van der Waals surface area contributed by atoms with Crippen molar-refractivity contribution < 1.29 is 28.7 Å². The molecule has 0 heterocycles. The van der Waals surface area contributed by atoms with Crippen LogP contribution in [0.5, 0.6) is 0 Å². The van der Waals surface area contributed by atoms with Crippen LogP contribution < -0.4 is 10.6 Å². The molecule has 140 valence electrons. The average molecular weight is 370 g/mol. The molecule has 0 spiro atoms. The van der Waals surface area contributed by atoms with Gasteiger partial charge in [-0.05, 0) is 42.5 Å². The Labute approximate surface area is 155 Å². The van der Waals surface area contributed by atoms with Crippen molar-refractivity contribution >= 4 is 35.1 Å². The van der Waals surface area contributed by atoms with Crippen LogP contribution in [0.2, 0.25) is 0 Å². The molecular weight excluding hydrogens is 352 g/mol. The average Bonchev–Trinajstić information content (AvgIpc) is 2.65. The number of anilines is 2. The molecule has 0 radical (unpaired) electrons. The number of methoxy groups -OCH3 is 1. The van der Waals surface area contributed by atoms with Crippen molar-refractivity contribution in [1.82, 2.24) is 0 Å². The minimum Gasteiger partial charge on any atom is -0.465 e. The zero-order chi connectivity index (χ0) is 19.8. The third-order valence-corrected chi connectivity index (χ3v) is 3.34. The summed E-state index contributed by atoms with van der Waals surface area (Å²) in [6.07, 6.45) is 0. The van der Waals surface area contributed by atoms with E-state index in [1.54, 1.807) is 24.3 Å². The maximum Gasteiger partial charge on any atom is 0.338 e. The molecule has 0 aliphatic heterocycles. The SMILES string of the molecule is COC(=O)c1ccc(C(=O)OCC(=O)Nc2cccc(NC(C)=O)c2)cc1. The van der Waals surface area contributed by atoms with Gasteiger partial charge in [0.15, 0.2) is 6.61 Å². The number of hydrogen-bond acceptors (Lipinski definition) is 6. The van der Waals surface area contributed by atoms with Crippen molar-refractivity contribution in [2.45, 2.75) is 6.92 Å². The maximum atomic E-state index is 12.0. The largest absolute Gasteiger partial charge is 0.465 e. The van der Waals surface area contributed by atoms with Crippen LogP contribution in [-0.2, 0) is 19.1 Å². The molecule has 8 heteroatoms. The van der Waals surface area contributed by atoms with Gasteiger partial charge in [0.1, 0.15) is 0 Å². The van der Waals surface area contributed by atoms with Crippen LogP contribution in [-0.4, -0.2) is 37.5 Å². The van der Waals surface area contributed by atoms with E-state index in [9.17, 15) is 19.2 Å². The topological polar surface area (TPSA) is 111 Å².